The van der Waals surface area contributed by atoms with Gasteiger partial charge in [-0.05, 0) is 48.4 Å². The summed E-state index contributed by atoms with van der Waals surface area (Å²) < 4.78 is 17.5. The average Bonchev–Trinajstić information content (AvgIpc) is 3.19. The molecule has 0 unspecified atom stereocenters. The molecule has 0 amide bonds. The van der Waals surface area contributed by atoms with Crippen LogP contribution in [0.1, 0.15) is 29.5 Å². The van der Waals surface area contributed by atoms with E-state index in [-0.39, 0.29) is 11.9 Å². The summed E-state index contributed by atoms with van der Waals surface area (Å²) in [7, 11) is 0. The summed E-state index contributed by atoms with van der Waals surface area (Å²) in [6, 6.07) is 5.14. The molecular weight excluding hydrogens is 323 g/mol. The summed E-state index contributed by atoms with van der Waals surface area (Å²) in [6.07, 6.45) is 1.86. The van der Waals surface area contributed by atoms with Crippen molar-refractivity contribution in [2.75, 3.05) is 0 Å². The van der Waals surface area contributed by atoms with E-state index < -0.39 is 0 Å². The van der Waals surface area contributed by atoms with Gasteiger partial charge in [-0.2, -0.15) is 9.78 Å². The van der Waals surface area contributed by atoms with Gasteiger partial charge in [-0.25, -0.2) is 14.1 Å². The standard InChI is InChI=1S/C16H19FN8/c1-10-3-5-13(17)14(7-10)25-16(20-22-23-25)8-18-12-4-6-15-19-11(2)21-24(15)9-12/h3,5,7,12,18H,4,6,8-9H2,1-2H3/t12-/m1/s1. The number of nitrogens with zero attached hydrogens (tertiary/aromatic N) is 7. The molecule has 0 fully saturated rings. The van der Waals surface area contributed by atoms with E-state index in [1.54, 1.807) is 12.1 Å². The quantitative estimate of drug-likeness (QED) is 0.764. The van der Waals surface area contributed by atoms with E-state index in [1.807, 2.05) is 18.5 Å². The molecular formula is C16H19FN8. The molecule has 0 spiro atoms. The van der Waals surface area contributed by atoms with Gasteiger partial charge in [0.25, 0.3) is 0 Å². The van der Waals surface area contributed by atoms with Crippen molar-refractivity contribution in [1.82, 2.24) is 40.3 Å². The van der Waals surface area contributed by atoms with Crippen LogP contribution < -0.4 is 5.32 Å². The van der Waals surface area contributed by atoms with Crippen LogP contribution in [-0.4, -0.2) is 41.0 Å². The number of nitrogens with one attached hydrogen (secondary N) is 1. The maximum atomic E-state index is 14.1. The Bertz CT molecular complexity index is 899. The van der Waals surface area contributed by atoms with Crippen LogP contribution in [0.5, 0.6) is 0 Å². The zero-order chi connectivity index (χ0) is 17.4. The average molecular weight is 342 g/mol. The zero-order valence-electron chi connectivity index (χ0n) is 14.1. The highest BCUT2D eigenvalue weighted by molar-refractivity contribution is 5.36. The van der Waals surface area contributed by atoms with Gasteiger partial charge in [-0.3, -0.25) is 0 Å². The first kappa shape index (κ1) is 15.8. The van der Waals surface area contributed by atoms with Crippen LogP contribution in [0.4, 0.5) is 4.39 Å². The predicted molar refractivity (Wildman–Crippen MR) is 87.6 cm³/mol. The molecule has 8 nitrogen and oxygen atoms in total. The van der Waals surface area contributed by atoms with E-state index in [0.29, 0.717) is 18.1 Å². The fourth-order valence-electron chi connectivity index (χ4n) is 3.12. The highest BCUT2D eigenvalue weighted by atomic mass is 19.1. The predicted octanol–water partition coefficient (Wildman–Crippen LogP) is 1.11. The Hall–Kier alpha value is -2.68. The summed E-state index contributed by atoms with van der Waals surface area (Å²) in [5.74, 6) is 2.06. The van der Waals surface area contributed by atoms with Crippen molar-refractivity contribution in [3.05, 3.63) is 47.1 Å². The Kier molecular flexibility index (Phi) is 4.00. The molecule has 0 saturated heterocycles. The molecule has 9 heteroatoms. The number of aryl methyl sites for hydroxylation is 3. The van der Waals surface area contributed by atoms with Crippen LogP contribution in [0.2, 0.25) is 0 Å². The number of tetrazole rings is 1. The second kappa shape index (κ2) is 6.32. The molecule has 2 aromatic heterocycles. The smallest absolute Gasteiger partial charge is 0.170 e. The largest absolute Gasteiger partial charge is 0.305 e. The number of aromatic nitrogens is 7. The molecule has 1 atom stereocenters. The number of benzene rings is 1. The van der Waals surface area contributed by atoms with E-state index in [2.05, 4.69) is 30.9 Å². The van der Waals surface area contributed by atoms with Crippen LogP contribution in [0.3, 0.4) is 0 Å². The Morgan fingerprint density at radius 1 is 1.32 bits per heavy atom. The number of hydrogen-bond donors (Lipinski definition) is 1. The lowest BCUT2D eigenvalue weighted by molar-refractivity contribution is 0.353. The highest BCUT2D eigenvalue weighted by Crippen LogP contribution is 2.16. The molecule has 0 aliphatic carbocycles. The van der Waals surface area contributed by atoms with Gasteiger partial charge < -0.3 is 5.32 Å². The first-order valence-corrected chi connectivity index (χ1v) is 8.27. The topological polar surface area (TPSA) is 86.3 Å². The van der Waals surface area contributed by atoms with Gasteiger partial charge in [0, 0.05) is 12.5 Å². The lowest BCUT2D eigenvalue weighted by Gasteiger charge is -2.23. The van der Waals surface area contributed by atoms with Gasteiger partial charge in [-0.1, -0.05) is 6.07 Å². The molecule has 1 aliphatic heterocycles. The third kappa shape index (κ3) is 3.14. The van der Waals surface area contributed by atoms with Gasteiger partial charge in [0.05, 0.1) is 13.1 Å². The SMILES string of the molecule is Cc1ccc(F)c(-n2nnnc2CN[C@@H]2CCc3nc(C)nn3C2)c1. The van der Waals surface area contributed by atoms with E-state index in [1.165, 1.54) is 10.7 Å². The van der Waals surface area contributed by atoms with Crippen LogP contribution in [0.25, 0.3) is 5.69 Å². The summed E-state index contributed by atoms with van der Waals surface area (Å²) in [5, 5.41) is 19.5. The Morgan fingerprint density at radius 2 is 2.20 bits per heavy atom. The maximum Gasteiger partial charge on any atom is 0.170 e. The van der Waals surface area contributed by atoms with Gasteiger partial charge in [0.15, 0.2) is 5.82 Å². The van der Waals surface area contributed by atoms with E-state index in [9.17, 15) is 4.39 Å². The van der Waals surface area contributed by atoms with Crippen LogP contribution in [0.15, 0.2) is 18.2 Å². The third-order valence-corrected chi connectivity index (χ3v) is 4.38. The van der Waals surface area contributed by atoms with Crippen molar-refractivity contribution in [2.45, 2.75) is 45.8 Å². The van der Waals surface area contributed by atoms with Crippen molar-refractivity contribution < 1.29 is 4.39 Å². The normalized spacial score (nSPS) is 16.8. The van der Waals surface area contributed by atoms with Crippen molar-refractivity contribution >= 4 is 0 Å². The molecule has 4 rings (SSSR count). The lowest BCUT2D eigenvalue weighted by atomic mass is 10.1. The van der Waals surface area contributed by atoms with Crippen molar-refractivity contribution in [3.63, 3.8) is 0 Å². The monoisotopic (exact) mass is 342 g/mol. The van der Waals surface area contributed by atoms with E-state index in [4.69, 9.17) is 0 Å². The molecule has 1 aromatic carbocycles. The Morgan fingerprint density at radius 3 is 3.08 bits per heavy atom. The summed E-state index contributed by atoms with van der Waals surface area (Å²) in [5.41, 5.74) is 1.31. The zero-order valence-corrected chi connectivity index (χ0v) is 14.1. The molecule has 3 heterocycles. The second-order valence-electron chi connectivity index (χ2n) is 6.34. The van der Waals surface area contributed by atoms with Crippen molar-refractivity contribution in [3.8, 4) is 5.69 Å². The van der Waals surface area contributed by atoms with Crippen LogP contribution in [0, 0.1) is 19.7 Å². The molecule has 3 aromatic rings. The molecule has 0 saturated carbocycles. The minimum atomic E-state index is -0.348. The Balaban J connectivity index is 1.48. The molecule has 0 radical (unpaired) electrons. The van der Waals surface area contributed by atoms with Gasteiger partial charge in [0.2, 0.25) is 0 Å². The number of halogens is 1. The van der Waals surface area contributed by atoms with Gasteiger partial charge in [-0.15, -0.1) is 5.10 Å². The van der Waals surface area contributed by atoms with Gasteiger partial charge in [0.1, 0.15) is 23.2 Å². The second-order valence-corrected chi connectivity index (χ2v) is 6.34. The molecule has 1 N–H and O–H groups in total. The fraction of sp³-hybridized carbons (Fsp3) is 0.438. The lowest BCUT2D eigenvalue weighted by Crippen LogP contribution is -2.38. The minimum absolute atomic E-state index is 0.251. The summed E-state index contributed by atoms with van der Waals surface area (Å²) >= 11 is 0. The first-order valence-electron chi connectivity index (χ1n) is 8.27. The third-order valence-electron chi connectivity index (χ3n) is 4.38. The van der Waals surface area contributed by atoms with Crippen LogP contribution >= 0.6 is 0 Å². The van der Waals surface area contributed by atoms with Gasteiger partial charge >= 0.3 is 0 Å². The Labute approximate surface area is 144 Å². The van der Waals surface area contributed by atoms with E-state index >= 15 is 0 Å². The van der Waals surface area contributed by atoms with E-state index in [0.717, 1.165) is 36.6 Å². The van der Waals surface area contributed by atoms with Crippen molar-refractivity contribution in [2.24, 2.45) is 0 Å². The summed E-state index contributed by atoms with van der Waals surface area (Å²) in [6.45, 7) is 5.02. The molecule has 0 bridgehead atoms. The number of hydrogen-bond acceptors (Lipinski definition) is 6. The minimum Gasteiger partial charge on any atom is -0.305 e. The van der Waals surface area contributed by atoms with Crippen LogP contribution in [-0.2, 0) is 19.5 Å². The molecule has 25 heavy (non-hydrogen) atoms. The van der Waals surface area contributed by atoms with Crippen molar-refractivity contribution in [1.29, 1.82) is 0 Å². The molecule has 130 valence electrons. The summed E-state index contributed by atoms with van der Waals surface area (Å²) in [4.78, 5) is 4.41. The maximum absolute atomic E-state index is 14.1. The first-order chi connectivity index (χ1) is 12.1. The fourth-order valence-corrected chi connectivity index (χ4v) is 3.12. The molecule has 1 aliphatic rings. The number of rotatable bonds is 4. The highest BCUT2D eigenvalue weighted by Gasteiger charge is 2.21. The number of fused-ring (bicyclic) bond motifs is 1.